The van der Waals surface area contributed by atoms with Crippen LogP contribution < -0.4 is 10.6 Å². The molecule has 3 aromatic rings. The summed E-state index contributed by atoms with van der Waals surface area (Å²) in [5.74, 6) is -0.276. The highest BCUT2D eigenvalue weighted by Crippen LogP contribution is 2.48. The second-order valence-corrected chi connectivity index (χ2v) is 14.6. The molecule has 236 valence electrons. The fourth-order valence-corrected chi connectivity index (χ4v) is 7.31. The summed E-state index contributed by atoms with van der Waals surface area (Å²) in [7, 11) is -4.04. The van der Waals surface area contributed by atoms with Crippen LogP contribution in [0.2, 0.25) is 0 Å². The number of para-hydroxylation sites is 2. The van der Waals surface area contributed by atoms with Gasteiger partial charge in [0.2, 0.25) is 5.69 Å². The molecule has 0 bridgehead atoms. The van der Waals surface area contributed by atoms with E-state index in [1.54, 1.807) is 0 Å². The molecule has 0 spiro atoms. The maximum absolute atomic E-state index is 11.5. The van der Waals surface area contributed by atoms with E-state index in [4.69, 9.17) is 5.73 Å². The van der Waals surface area contributed by atoms with Crippen LogP contribution in [0, 0.1) is 0 Å². The van der Waals surface area contributed by atoms with E-state index in [1.807, 2.05) is 12.1 Å². The van der Waals surface area contributed by atoms with Gasteiger partial charge >= 0.3 is 0 Å². The minimum atomic E-state index is -4.04. The van der Waals surface area contributed by atoms with Gasteiger partial charge in [-0.25, -0.2) is 0 Å². The molecule has 0 radical (unpaired) electrons. The molecule has 0 saturated carbocycles. The van der Waals surface area contributed by atoms with Crippen molar-refractivity contribution in [2.24, 2.45) is 5.73 Å². The fourth-order valence-electron chi connectivity index (χ4n) is 6.81. The Morgan fingerprint density at radius 3 is 2.27 bits per heavy atom. The van der Waals surface area contributed by atoms with Crippen molar-refractivity contribution >= 4 is 32.8 Å². The zero-order chi connectivity index (χ0) is 32.4. The lowest BCUT2D eigenvalue weighted by Gasteiger charge is -2.27. The fraction of sp³-hybridized carbons (Fsp3) is 0.342. The number of benzene rings is 3. The van der Waals surface area contributed by atoms with Crippen molar-refractivity contribution < 1.29 is 17.5 Å². The molecule has 3 aromatic carbocycles. The van der Waals surface area contributed by atoms with Crippen LogP contribution in [0.5, 0.6) is 0 Å². The van der Waals surface area contributed by atoms with E-state index in [0.717, 1.165) is 41.1 Å². The summed E-state index contributed by atoms with van der Waals surface area (Å²) in [5.41, 5.74) is 15.9. The lowest BCUT2D eigenvalue weighted by Crippen LogP contribution is -2.28. The molecule has 5 rings (SSSR count). The summed E-state index contributed by atoms with van der Waals surface area (Å²) in [6.07, 6.45) is 10.2. The third-order valence-electron chi connectivity index (χ3n) is 9.19. The largest absolute Gasteiger partial charge is 0.344 e. The second kappa shape index (κ2) is 12.9. The van der Waals surface area contributed by atoms with Crippen LogP contribution in [0.15, 0.2) is 103 Å². The standard InChI is InChI=1S/C38H45N3O3S/c1-6-24-40-33-14-9-7-12-31(33)37(2,3)35(40)22-20-30(29-18-16-28(27-39)17-19-29)21-23-36-38(4,5)32-13-8-10-15-34(32)41(36)25-11-26-45(42,43)44/h7-10,12-23H,6,11,24-27,39H2,1-5H3/p+1. The first-order valence-corrected chi connectivity index (χ1v) is 17.5. The number of nitrogens with zero attached hydrogens (tertiary/aromatic N) is 2. The van der Waals surface area contributed by atoms with Crippen LogP contribution in [0.3, 0.4) is 0 Å². The number of hydrogen-bond donors (Lipinski definition) is 2. The normalized spacial score (nSPS) is 18.2. The average molecular weight is 625 g/mol. The Hall–Kier alpha value is -3.78. The minimum absolute atomic E-state index is 0.145. The molecular formula is C38H46N3O3S+. The van der Waals surface area contributed by atoms with E-state index < -0.39 is 10.1 Å². The molecule has 45 heavy (non-hydrogen) atoms. The number of rotatable bonds is 11. The second-order valence-electron chi connectivity index (χ2n) is 13.0. The monoisotopic (exact) mass is 624 g/mol. The summed E-state index contributed by atoms with van der Waals surface area (Å²) >= 11 is 0. The maximum atomic E-state index is 11.5. The average Bonchev–Trinajstić information content (AvgIpc) is 3.36. The third kappa shape index (κ3) is 6.62. The van der Waals surface area contributed by atoms with Gasteiger partial charge in [-0.1, -0.05) is 87.5 Å². The number of nitrogens with two attached hydrogens (primary N) is 1. The Morgan fingerprint density at radius 1 is 0.933 bits per heavy atom. The highest BCUT2D eigenvalue weighted by molar-refractivity contribution is 7.85. The van der Waals surface area contributed by atoms with Gasteiger partial charge in [-0.3, -0.25) is 4.55 Å². The van der Waals surface area contributed by atoms with Crippen molar-refractivity contribution in [3.8, 4) is 0 Å². The summed E-state index contributed by atoms with van der Waals surface area (Å²) in [5, 5.41) is 0. The van der Waals surface area contributed by atoms with Crippen molar-refractivity contribution in [1.29, 1.82) is 0 Å². The molecule has 0 unspecified atom stereocenters. The van der Waals surface area contributed by atoms with Crippen LogP contribution in [-0.4, -0.2) is 42.1 Å². The first kappa shape index (κ1) is 32.6. The van der Waals surface area contributed by atoms with E-state index >= 15 is 0 Å². The molecule has 0 aliphatic carbocycles. The van der Waals surface area contributed by atoms with Crippen molar-refractivity contribution in [2.45, 2.75) is 64.8 Å². The lowest BCUT2D eigenvalue weighted by molar-refractivity contribution is -0.437. The quantitative estimate of drug-likeness (QED) is 0.131. The molecule has 0 amide bonds. The summed E-state index contributed by atoms with van der Waals surface area (Å²) in [6.45, 7) is 13.1. The van der Waals surface area contributed by atoms with Crippen molar-refractivity contribution in [2.75, 3.05) is 23.7 Å². The van der Waals surface area contributed by atoms with Gasteiger partial charge in [0.05, 0.1) is 11.2 Å². The molecular weight excluding hydrogens is 579 g/mol. The highest BCUT2D eigenvalue weighted by Gasteiger charge is 2.44. The van der Waals surface area contributed by atoms with Crippen LogP contribution in [0.25, 0.3) is 5.57 Å². The highest BCUT2D eigenvalue weighted by atomic mass is 32.2. The van der Waals surface area contributed by atoms with Crippen molar-refractivity contribution in [1.82, 2.24) is 0 Å². The molecule has 0 saturated heterocycles. The third-order valence-corrected chi connectivity index (χ3v) is 10.00. The van der Waals surface area contributed by atoms with E-state index in [0.29, 0.717) is 19.5 Å². The van der Waals surface area contributed by atoms with Gasteiger partial charge in [-0.15, -0.1) is 0 Å². The SMILES string of the molecule is CCC[N+]1=C(C=CC(=CC=C2N(CCCS(=O)(=O)O)c3ccccc3C2(C)C)c2ccc(CN)cc2)C(C)(C)c2ccccc21. The Balaban J connectivity index is 1.61. The van der Waals surface area contributed by atoms with Crippen LogP contribution >= 0.6 is 0 Å². The predicted octanol–water partition coefficient (Wildman–Crippen LogP) is 7.53. The van der Waals surface area contributed by atoms with Gasteiger partial charge in [0.25, 0.3) is 10.1 Å². The van der Waals surface area contributed by atoms with Crippen LogP contribution in [0.1, 0.15) is 69.7 Å². The van der Waals surface area contributed by atoms with E-state index in [-0.39, 0.29) is 16.6 Å². The van der Waals surface area contributed by atoms with Crippen molar-refractivity contribution in [3.63, 3.8) is 0 Å². The minimum Gasteiger partial charge on any atom is -0.344 e. The van der Waals surface area contributed by atoms with Crippen LogP contribution in [-0.2, 0) is 27.5 Å². The molecule has 2 aliphatic rings. The lowest BCUT2D eigenvalue weighted by atomic mass is 9.81. The molecule has 0 fully saturated rings. The molecule has 6 nitrogen and oxygen atoms in total. The molecule has 2 aliphatic heterocycles. The van der Waals surface area contributed by atoms with Gasteiger partial charge in [0.1, 0.15) is 6.54 Å². The molecule has 0 atom stereocenters. The van der Waals surface area contributed by atoms with Crippen molar-refractivity contribution in [3.05, 3.63) is 125 Å². The van der Waals surface area contributed by atoms with E-state index in [2.05, 4.69) is 129 Å². The van der Waals surface area contributed by atoms with E-state index in [9.17, 15) is 13.0 Å². The van der Waals surface area contributed by atoms with Gasteiger partial charge in [0.15, 0.2) is 5.71 Å². The van der Waals surface area contributed by atoms with Gasteiger partial charge in [-0.05, 0) is 60.8 Å². The number of allylic oxidation sites excluding steroid dienone is 6. The van der Waals surface area contributed by atoms with Crippen LogP contribution in [0.4, 0.5) is 11.4 Å². The van der Waals surface area contributed by atoms with Gasteiger partial charge < -0.3 is 10.6 Å². The summed E-state index contributed by atoms with van der Waals surface area (Å²) < 4.78 is 34.9. The zero-order valence-corrected chi connectivity index (χ0v) is 27.9. The van der Waals surface area contributed by atoms with E-state index in [1.165, 1.54) is 22.5 Å². The maximum Gasteiger partial charge on any atom is 0.264 e. The molecule has 2 heterocycles. The number of anilines is 1. The first-order chi connectivity index (χ1) is 21.4. The number of fused-ring (bicyclic) bond motifs is 2. The zero-order valence-electron chi connectivity index (χ0n) is 27.1. The Bertz CT molecular complexity index is 1800. The molecule has 3 N–H and O–H groups in total. The Morgan fingerprint density at radius 2 is 1.60 bits per heavy atom. The van der Waals surface area contributed by atoms with Gasteiger partial charge in [0, 0.05) is 54.0 Å². The Kier molecular flexibility index (Phi) is 9.36. The summed E-state index contributed by atoms with van der Waals surface area (Å²) in [4.78, 5) is 2.20. The first-order valence-electron chi connectivity index (χ1n) is 15.8. The van der Waals surface area contributed by atoms with Gasteiger partial charge in [-0.2, -0.15) is 13.0 Å². The molecule has 0 aromatic heterocycles. The summed E-state index contributed by atoms with van der Waals surface area (Å²) in [6, 6.07) is 25.4. The molecule has 7 heteroatoms. The predicted molar refractivity (Wildman–Crippen MR) is 187 cm³/mol. The topological polar surface area (TPSA) is 86.6 Å². The Labute approximate surface area is 269 Å². The smallest absolute Gasteiger partial charge is 0.264 e. The number of hydrogen-bond acceptors (Lipinski definition) is 4.